The minimum Gasteiger partial charge on any atom is -0.463 e. The molecule has 6 nitrogen and oxygen atoms in total. The Morgan fingerprint density at radius 2 is 1.71 bits per heavy atom. The first-order valence-corrected chi connectivity index (χ1v) is 10.3. The van der Waals surface area contributed by atoms with Crippen LogP contribution in [0.15, 0.2) is 34.7 Å². The molecule has 1 amide bonds. The van der Waals surface area contributed by atoms with E-state index in [1.54, 1.807) is 6.07 Å². The molecule has 0 radical (unpaired) electrons. The maximum Gasteiger partial charge on any atom is 0.416 e. The maximum absolute atomic E-state index is 13.4. The fourth-order valence-electron chi connectivity index (χ4n) is 3.72. The molecule has 0 atom stereocenters. The normalized spacial score (nSPS) is 15.8. The van der Waals surface area contributed by atoms with E-state index in [-0.39, 0.29) is 18.4 Å². The van der Waals surface area contributed by atoms with E-state index in [0.717, 1.165) is 0 Å². The number of halogens is 6. The Hall–Kier alpha value is -3.02. The molecule has 12 heteroatoms. The fourth-order valence-corrected chi connectivity index (χ4v) is 3.72. The quantitative estimate of drug-likeness (QED) is 0.458. The van der Waals surface area contributed by atoms with Crippen LogP contribution in [0.5, 0.6) is 0 Å². The second-order valence-corrected chi connectivity index (χ2v) is 7.81. The minimum atomic E-state index is -5.03. The number of carbonyl (C=O) groups is 2. The number of ether oxygens (including phenoxy) is 1. The lowest BCUT2D eigenvalue weighted by atomic mass is 10.00. The first-order chi connectivity index (χ1) is 15.9. The van der Waals surface area contributed by atoms with Crippen molar-refractivity contribution in [1.29, 1.82) is 0 Å². The van der Waals surface area contributed by atoms with Crippen LogP contribution in [0.4, 0.5) is 26.3 Å². The highest BCUT2D eigenvalue weighted by Gasteiger charge is 2.38. The predicted octanol–water partition coefficient (Wildman–Crippen LogP) is 4.38. The van der Waals surface area contributed by atoms with Crippen molar-refractivity contribution in [3.05, 3.63) is 58.5 Å². The number of rotatable bonds is 5. The minimum absolute atomic E-state index is 0.0404. The summed E-state index contributed by atoms with van der Waals surface area (Å²) < 4.78 is 88.7. The highest BCUT2D eigenvalue weighted by atomic mass is 19.4. The summed E-state index contributed by atoms with van der Waals surface area (Å²) in [6.07, 6.45) is -10.1. The van der Waals surface area contributed by atoms with Gasteiger partial charge < -0.3 is 14.1 Å². The number of amides is 1. The number of benzene rings is 1. The zero-order chi connectivity index (χ0) is 25.1. The molecule has 1 aliphatic rings. The zero-order valence-corrected chi connectivity index (χ0v) is 18.1. The molecule has 0 bridgehead atoms. The Labute approximate surface area is 191 Å². The zero-order valence-electron chi connectivity index (χ0n) is 18.1. The van der Waals surface area contributed by atoms with Crippen molar-refractivity contribution in [3.63, 3.8) is 0 Å². The van der Waals surface area contributed by atoms with Crippen LogP contribution in [0.3, 0.4) is 0 Å². The van der Waals surface area contributed by atoms with E-state index < -0.39 is 47.3 Å². The summed E-state index contributed by atoms with van der Waals surface area (Å²) in [5.41, 5.74) is -3.39. The predicted molar refractivity (Wildman–Crippen MR) is 107 cm³/mol. The highest BCUT2D eigenvalue weighted by Crippen LogP contribution is 2.37. The molecular weight excluding hydrogens is 470 g/mol. The Morgan fingerprint density at radius 1 is 0.971 bits per heavy atom. The van der Waals surface area contributed by atoms with Gasteiger partial charge in [-0.05, 0) is 36.2 Å². The third kappa shape index (κ3) is 6.31. The molecule has 3 rings (SSSR count). The van der Waals surface area contributed by atoms with Crippen LogP contribution in [0.25, 0.3) is 0 Å². The number of furan rings is 1. The van der Waals surface area contributed by atoms with Gasteiger partial charge in [0.2, 0.25) is 11.7 Å². The monoisotopic (exact) mass is 492 g/mol. The molecule has 0 aliphatic carbocycles. The molecule has 0 spiro atoms. The van der Waals surface area contributed by atoms with Gasteiger partial charge in [0, 0.05) is 26.2 Å². The molecule has 186 valence electrons. The Bertz CT molecular complexity index is 1030. The lowest BCUT2D eigenvalue weighted by Crippen LogP contribution is -2.36. The molecule has 2 heterocycles. The first kappa shape index (κ1) is 25.6. The van der Waals surface area contributed by atoms with E-state index in [1.165, 1.54) is 18.1 Å². The van der Waals surface area contributed by atoms with Crippen molar-refractivity contribution < 1.29 is 45.1 Å². The summed E-state index contributed by atoms with van der Waals surface area (Å²) in [6.45, 7) is 1.86. The summed E-state index contributed by atoms with van der Waals surface area (Å²) in [7, 11) is 1.23. The summed E-state index contributed by atoms with van der Waals surface area (Å²) in [5.74, 6) is -0.639. The van der Waals surface area contributed by atoms with Gasteiger partial charge in [0.25, 0.3) is 0 Å². The largest absolute Gasteiger partial charge is 0.463 e. The molecule has 2 aromatic rings. The van der Waals surface area contributed by atoms with Crippen molar-refractivity contribution in [3.8, 4) is 0 Å². The maximum atomic E-state index is 13.4. The third-order valence-electron chi connectivity index (χ3n) is 5.45. The van der Waals surface area contributed by atoms with Gasteiger partial charge in [-0.3, -0.25) is 9.69 Å². The van der Waals surface area contributed by atoms with Crippen LogP contribution in [-0.4, -0.2) is 55.0 Å². The molecule has 1 aromatic heterocycles. The molecule has 1 saturated heterocycles. The lowest BCUT2D eigenvalue weighted by molar-refractivity contribution is -0.143. The van der Waals surface area contributed by atoms with Crippen molar-refractivity contribution in [1.82, 2.24) is 9.80 Å². The van der Waals surface area contributed by atoms with E-state index in [2.05, 4.69) is 4.74 Å². The van der Waals surface area contributed by atoms with E-state index in [4.69, 9.17) is 4.42 Å². The lowest BCUT2D eigenvalue weighted by Gasteiger charge is -2.23. The standard InChI is InChI=1S/C22H22F6N2O4/c1-33-20(32)18-6-5-16(34-18)13-29-7-2-8-30(10-9-29)19(31)11-14-3-4-15(21(23,24)25)12-17(14)22(26,27)28/h3-6,12H,2,7-11,13H2,1H3. The van der Waals surface area contributed by atoms with Gasteiger partial charge >= 0.3 is 18.3 Å². The molecular formula is C22H22F6N2O4. The third-order valence-corrected chi connectivity index (χ3v) is 5.45. The van der Waals surface area contributed by atoms with Crippen molar-refractivity contribution >= 4 is 11.9 Å². The summed E-state index contributed by atoms with van der Waals surface area (Å²) in [6, 6.07) is 4.41. The molecule has 1 aliphatic heterocycles. The van der Waals surface area contributed by atoms with Crippen LogP contribution in [0.1, 0.15) is 39.4 Å². The highest BCUT2D eigenvalue weighted by molar-refractivity contribution is 5.86. The second-order valence-electron chi connectivity index (χ2n) is 7.81. The molecule has 1 fully saturated rings. The topological polar surface area (TPSA) is 63.0 Å². The van der Waals surface area contributed by atoms with Crippen LogP contribution in [0.2, 0.25) is 0 Å². The van der Waals surface area contributed by atoms with Gasteiger partial charge in [0.05, 0.1) is 31.2 Å². The van der Waals surface area contributed by atoms with Gasteiger partial charge in [-0.2, -0.15) is 26.3 Å². The SMILES string of the molecule is COC(=O)c1ccc(CN2CCCN(C(=O)Cc3ccc(C(F)(F)F)cc3C(F)(F)F)CC2)o1. The second kappa shape index (κ2) is 10.1. The van der Waals surface area contributed by atoms with Crippen molar-refractivity contribution in [2.24, 2.45) is 0 Å². The Morgan fingerprint density at radius 3 is 2.35 bits per heavy atom. The van der Waals surface area contributed by atoms with Crippen LogP contribution in [-0.2, 0) is 34.8 Å². The average molecular weight is 492 g/mol. The fraction of sp³-hybridized carbons (Fsp3) is 0.455. The van der Waals surface area contributed by atoms with Crippen LogP contribution >= 0.6 is 0 Å². The van der Waals surface area contributed by atoms with E-state index in [1.807, 2.05) is 4.90 Å². The number of nitrogens with zero attached hydrogens (tertiary/aromatic N) is 2. The summed E-state index contributed by atoms with van der Waals surface area (Å²) in [5, 5.41) is 0. The molecule has 34 heavy (non-hydrogen) atoms. The first-order valence-electron chi connectivity index (χ1n) is 10.3. The van der Waals surface area contributed by atoms with Crippen LogP contribution < -0.4 is 0 Å². The number of methoxy groups -OCH3 is 1. The molecule has 0 saturated carbocycles. The van der Waals surface area contributed by atoms with Crippen LogP contribution in [0, 0.1) is 0 Å². The average Bonchev–Trinajstić information content (AvgIpc) is 3.09. The summed E-state index contributed by atoms with van der Waals surface area (Å²) >= 11 is 0. The molecule has 1 aromatic carbocycles. The van der Waals surface area contributed by atoms with Gasteiger partial charge in [0.15, 0.2) is 0 Å². The van der Waals surface area contributed by atoms with E-state index in [9.17, 15) is 35.9 Å². The number of hydrogen-bond acceptors (Lipinski definition) is 5. The Balaban J connectivity index is 1.65. The smallest absolute Gasteiger partial charge is 0.416 e. The van der Waals surface area contributed by atoms with E-state index in [0.29, 0.717) is 50.5 Å². The Kier molecular flexibility index (Phi) is 7.59. The van der Waals surface area contributed by atoms with Gasteiger partial charge in [-0.15, -0.1) is 0 Å². The number of hydrogen-bond donors (Lipinski definition) is 0. The summed E-state index contributed by atoms with van der Waals surface area (Å²) in [4.78, 5) is 27.6. The van der Waals surface area contributed by atoms with Crippen molar-refractivity contribution in [2.75, 3.05) is 33.3 Å². The molecule has 0 unspecified atom stereocenters. The number of alkyl halides is 6. The van der Waals surface area contributed by atoms with Gasteiger partial charge in [-0.25, -0.2) is 4.79 Å². The number of esters is 1. The van der Waals surface area contributed by atoms with Crippen molar-refractivity contribution in [2.45, 2.75) is 31.7 Å². The number of carbonyl (C=O) groups excluding carboxylic acids is 2. The van der Waals surface area contributed by atoms with E-state index >= 15 is 0 Å². The van der Waals surface area contributed by atoms with Gasteiger partial charge in [0.1, 0.15) is 5.76 Å². The molecule has 0 N–H and O–H groups in total. The van der Waals surface area contributed by atoms with Gasteiger partial charge in [-0.1, -0.05) is 6.07 Å².